The van der Waals surface area contributed by atoms with Gasteiger partial charge in [0.2, 0.25) is 5.91 Å². The molecule has 6 nitrogen and oxygen atoms in total. The third-order valence-corrected chi connectivity index (χ3v) is 4.32. The van der Waals surface area contributed by atoms with Gasteiger partial charge in [-0.15, -0.1) is 12.4 Å². The first-order valence-corrected chi connectivity index (χ1v) is 7.56. The highest BCUT2D eigenvalue weighted by Gasteiger charge is 2.36. The Hall–Kier alpha value is -1.92. The molecule has 1 aliphatic heterocycles. The van der Waals surface area contributed by atoms with Gasteiger partial charge < -0.3 is 11.1 Å². The summed E-state index contributed by atoms with van der Waals surface area (Å²) in [5.74, 6) is -1.10. The third-order valence-electron chi connectivity index (χ3n) is 4.32. The lowest BCUT2D eigenvalue weighted by atomic mass is 9.92. The second-order valence-corrected chi connectivity index (χ2v) is 5.92. The predicted octanol–water partition coefficient (Wildman–Crippen LogP) is 1.09. The minimum Gasteiger partial charge on any atom is -0.352 e. The molecule has 7 heteroatoms. The van der Waals surface area contributed by atoms with E-state index in [0.717, 1.165) is 30.6 Å². The number of rotatable bonds is 3. The van der Waals surface area contributed by atoms with Gasteiger partial charge in [0.1, 0.15) is 6.54 Å². The maximum absolute atomic E-state index is 12.2. The van der Waals surface area contributed by atoms with E-state index in [1.165, 1.54) is 0 Å². The van der Waals surface area contributed by atoms with Gasteiger partial charge in [-0.1, -0.05) is 12.1 Å². The normalized spacial score (nSPS) is 23.3. The SMILES string of the molecule is Cl.NC1CCC(NC(=O)CN2C(=O)c3ccccc3C2=O)CC1. The van der Waals surface area contributed by atoms with Crippen molar-refractivity contribution in [1.82, 2.24) is 10.2 Å². The number of nitrogens with one attached hydrogen (secondary N) is 1. The van der Waals surface area contributed by atoms with Crippen LogP contribution >= 0.6 is 12.4 Å². The molecule has 0 bridgehead atoms. The van der Waals surface area contributed by atoms with E-state index in [0.29, 0.717) is 11.1 Å². The summed E-state index contributed by atoms with van der Waals surface area (Å²) >= 11 is 0. The molecule has 23 heavy (non-hydrogen) atoms. The van der Waals surface area contributed by atoms with Gasteiger partial charge in [0.05, 0.1) is 11.1 Å². The average molecular weight is 338 g/mol. The minimum absolute atomic E-state index is 0. The molecule has 0 atom stereocenters. The van der Waals surface area contributed by atoms with Gasteiger partial charge in [0.25, 0.3) is 11.8 Å². The molecular weight excluding hydrogens is 318 g/mol. The Labute approximate surface area is 140 Å². The van der Waals surface area contributed by atoms with Crippen molar-refractivity contribution in [3.8, 4) is 0 Å². The average Bonchev–Trinajstić information content (AvgIpc) is 2.75. The minimum atomic E-state index is -0.401. The van der Waals surface area contributed by atoms with Crippen molar-refractivity contribution in [2.24, 2.45) is 5.73 Å². The Balaban J connectivity index is 0.00000192. The molecule has 1 saturated carbocycles. The van der Waals surface area contributed by atoms with Gasteiger partial charge in [-0.2, -0.15) is 0 Å². The molecule has 0 unspecified atom stereocenters. The van der Waals surface area contributed by atoms with Crippen LogP contribution in [0.1, 0.15) is 46.4 Å². The zero-order chi connectivity index (χ0) is 15.7. The fraction of sp³-hybridized carbons (Fsp3) is 0.438. The molecule has 3 amide bonds. The van der Waals surface area contributed by atoms with E-state index in [9.17, 15) is 14.4 Å². The van der Waals surface area contributed by atoms with Crippen LogP contribution < -0.4 is 11.1 Å². The lowest BCUT2D eigenvalue weighted by Crippen LogP contribution is -2.46. The molecular formula is C16H20ClN3O3. The zero-order valence-electron chi connectivity index (χ0n) is 12.7. The van der Waals surface area contributed by atoms with Crippen LogP contribution in [0.4, 0.5) is 0 Å². The lowest BCUT2D eigenvalue weighted by Gasteiger charge is -2.27. The van der Waals surface area contributed by atoms with Crippen molar-refractivity contribution in [2.75, 3.05) is 6.54 Å². The van der Waals surface area contributed by atoms with Crippen LogP contribution in [0.5, 0.6) is 0 Å². The molecule has 3 N–H and O–H groups in total. The number of fused-ring (bicyclic) bond motifs is 1. The summed E-state index contributed by atoms with van der Waals surface area (Å²) in [5, 5.41) is 2.89. The second-order valence-electron chi connectivity index (χ2n) is 5.92. The Kier molecular flexibility index (Phi) is 5.38. The maximum atomic E-state index is 12.2. The summed E-state index contributed by atoms with van der Waals surface area (Å²) in [4.78, 5) is 37.5. The van der Waals surface area contributed by atoms with Crippen LogP contribution in [0, 0.1) is 0 Å². The third kappa shape index (κ3) is 3.54. The summed E-state index contributed by atoms with van der Waals surface area (Å²) in [5.41, 5.74) is 6.56. The highest BCUT2D eigenvalue weighted by molar-refractivity contribution is 6.22. The first-order valence-electron chi connectivity index (χ1n) is 7.56. The van der Waals surface area contributed by atoms with Crippen LogP contribution in [0.3, 0.4) is 0 Å². The van der Waals surface area contributed by atoms with Gasteiger partial charge >= 0.3 is 0 Å². The number of hydrogen-bond acceptors (Lipinski definition) is 4. The zero-order valence-corrected chi connectivity index (χ0v) is 13.5. The van der Waals surface area contributed by atoms with Gasteiger partial charge in [-0.3, -0.25) is 19.3 Å². The summed E-state index contributed by atoms with van der Waals surface area (Å²) in [6.07, 6.45) is 3.46. The summed E-state index contributed by atoms with van der Waals surface area (Å²) in [6, 6.07) is 6.93. The molecule has 0 spiro atoms. The number of amides is 3. The van der Waals surface area contributed by atoms with Gasteiger partial charge in [-0.05, 0) is 37.8 Å². The molecule has 1 aromatic rings. The van der Waals surface area contributed by atoms with Crippen molar-refractivity contribution >= 4 is 30.1 Å². The van der Waals surface area contributed by atoms with E-state index >= 15 is 0 Å². The molecule has 2 aliphatic rings. The molecule has 1 fully saturated rings. The number of hydrogen-bond donors (Lipinski definition) is 2. The van der Waals surface area contributed by atoms with Crippen LogP contribution in [0.25, 0.3) is 0 Å². The number of halogens is 1. The molecule has 0 aromatic heterocycles. The molecule has 124 valence electrons. The van der Waals surface area contributed by atoms with Crippen molar-refractivity contribution in [3.63, 3.8) is 0 Å². The number of carbonyl (C=O) groups excluding carboxylic acids is 3. The van der Waals surface area contributed by atoms with Crippen molar-refractivity contribution in [3.05, 3.63) is 35.4 Å². The van der Waals surface area contributed by atoms with E-state index in [4.69, 9.17) is 5.73 Å². The number of benzene rings is 1. The molecule has 0 radical (unpaired) electrons. The Morgan fingerprint density at radius 3 is 2.13 bits per heavy atom. The number of nitrogens with two attached hydrogens (primary N) is 1. The number of nitrogens with zero attached hydrogens (tertiary/aromatic N) is 1. The molecule has 1 aliphatic carbocycles. The fourth-order valence-corrected chi connectivity index (χ4v) is 3.06. The van der Waals surface area contributed by atoms with E-state index in [1.54, 1.807) is 24.3 Å². The van der Waals surface area contributed by atoms with Crippen molar-refractivity contribution < 1.29 is 14.4 Å². The highest BCUT2D eigenvalue weighted by Crippen LogP contribution is 2.22. The molecule has 1 aromatic carbocycles. The first-order chi connectivity index (χ1) is 10.6. The summed E-state index contributed by atoms with van der Waals surface area (Å²) in [6.45, 7) is -0.227. The Bertz CT molecular complexity index is 592. The fourth-order valence-electron chi connectivity index (χ4n) is 3.06. The van der Waals surface area contributed by atoms with E-state index in [1.807, 2.05) is 0 Å². The molecule has 0 saturated heterocycles. The lowest BCUT2D eigenvalue weighted by molar-refractivity contribution is -0.122. The highest BCUT2D eigenvalue weighted by atomic mass is 35.5. The van der Waals surface area contributed by atoms with E-state index < -0.39 is 11.8 Å². The largest absolute Gasteiger partial charge is 0.352 e. The number of carbonyl (C=O) groups is 3. The topological polar surface area (TPSA) is 92.5 Å². The van der Waals surface area contributed by atoms with Gasteiger partial charge in [-0.25, -0.2) is 0 Å². The van der Waals surface area contributed by atoms with Crippen LogP contribution in [0.2, 0.25) is 0 Å². The Morgan fingerprint density at radius 2 is 1.61 bits per heavy atom. The first kappa shape index (κ1) is 17.4. The van der Waals surface area contributed by atoms with Crippen LogP contribution in [-0.2, 0) is 4.79 Å². The van der Waals surface area contributed by atoms with Crippen LogP contribution in [0.15, 0.2) is 24.3 Å². The quantitative estimate of drug-likeness (QED) is 0.807. The maximum Gasteiger partial charge on any atom is 0.262 e. The van der Waals surface area contributed by atoms with Crippen molar-refractivity contribution in [1.29, 1.82) is 0 Å². The monoisotopic (exact) mass is 337 g/mol. The predicted molar refractivity (Wildman–Crippen MR) is 87.4 cm³/mol. The Morgan fingerprint density at radius 1 is 1.09 bits per heavy atom. The molecule has 3 rings (SSSR count). The van der Waals surface area contributed by atoms with Gasteiger partial charge in [0.15, 0.2) is 0 Å². The van der Waals surface area contributed by atoms with Crippen LogP contribution in [-0.4, -0.2) is 41.2 Å². The molecule has 1 heterocycles. The van der Waals surface area contributed by atoms with E-state index in [2.05, 4.69) is 5.32 Å². The number of imide groups is 1. The summed E-state index contributed by atoms with van der Waals surface area (Å²) in [7, 11) is 0. The standard InChI is InChI=1S/C16H19N3O3.ClH/c17-10-5-7-11(8-6-10)18-14(20)9-19-15(21)12-3-1-2-4-13(12)16(19)22;/h1-4,10-11H,5-9,17H2,(H,18,20);1H. The van der Waals surface area contributed by atoms with Crippen molar-refractivity contribution in [2.45, 2.75) is 37.8 Å². The van der Waals surface area contributed by atoms with Gasteiger partial charge in [0, 0.05) is 12.1 Å². The van der Waals surface area contributed by atoms with E-state index in [-0.39, 0.29) is 36.9 Å². The smallest absolute Gasteiger partial charge is 0.262 e. The second kappa shape index (κ2) is 7.10. The summed E-state index contributed by atoms with van der Waals surface area (Å²) < 4.78 is 0.